The topological polar surface area (TPSA) is 215 Å². The molecular formula is C43H53AcNO13. The van der Waals surface area contributed by atoms with E-state index in [9.17, 15) is 44.4 Å². The van der Waals surface area contributed by atoms with Gasteiger partial charge in [0, 0.05) is 74.3 Å². The number of rotatable bonds is 13. The molecule has 0 spiro atoms. The van der Waals surface area contributed by atoms with Crippen molar-refractivity contribution in [2.45, 2.75) is 127 Å². The molecule has 3 aliphatic carbocycles. The maximum absolute atomic E-state index is 14.8. The van der Waals surface area contributed by atoms with Gasteiger partial charge in [-0.1, -0.05) is 82.1 Å². The van der Waals surface area contributed by atoms with E-state index in [1.165, 1.54) is 13.8 Å². The number of Topliss-reactive ketones (excluding diaryl/α,β-unsaturated/α-hetero) is 1. The average Bonchev–Trinajstić information content (AvgIpc) is 3.18. The van der Waals surface area contributed by atoms with Crippen LogP contribution in [0.25, 0.3) is 0 Å². The molecule has 1 aliphatic heterocycles. The molecule has 1 radical (unpaired) electrons. The van der Waals surface area contributed by atoms with Crippen LogP contribution in [-0.2, 0) is 38.1 Å². The van der Waals surface area contributed by atoms with Crippen molar-refractivity contribution in [1.29, 1.82) is 0 Å². The third kappa shape index (κ3) is 7.74. The minimum absolute atomic E-state index is 0. The Morgan fingerprint density at radius 2 is 1.66 bits per heavy atom. The van der Waals surface area contributed by atoms with Gasteiger partial charge in [0.2, 0.25) is 0 Å². The second kappa shape index (κ2) is 17.9. The molecule has 6 rings (SSSR count). The van der Waals surface area contributed by atoms with Gasteiger partial charge in [0.15, 0.2) is 17.5 Å². The van der Waals surface area contributed by atoms with Crippen molar-refractivity contribution in [2.24, 2.45) is 16.7 Å². The summed E-state index contributed by atoms with van der Waals surface area (Å²) in [4.78, 5) is 68.1. The van der Waals surface area contributed by atoms with E-state index < -0.39 is 101 Å². The third-order valence-electron chi connectivity index (χ3n) is 13.1. The number of esters is 2. The number of aliphatic hydroxyl groups is 4. The summed E-state index contributed by atoms with van der Waals surface area (Å²) in [7, 11) is 0. The third-order valence-corrected chi connectivity index (χ3v) is 13.1. The van der Waals surface area contributed by atoms with Gasteiger partial charge in [-0.3, -0.25) is 19.2 Å². The quantitative estimate of drug-likeness (QED) is 0.0643. The molecule has 15 heteroatoms. The number of amides is 1. The zero-order valence-electron chi connectivity index (χ0n) is 33.5. The summed E-state index contributed by atoms with van der Waals surface area (Å²) in [5.74, 6) is -4.70. The molecule has 1 amide bonds. The van der Waals surface area contributed by atoms with E-state index in [4.69, 9.17) is 18.9 Å². The van der Waals surface area contributed by atoms with Crippen molar-refractivity contribution in [3.8, 4) is 0 Å². The van der Waals surface area contributed by atoms with Gasteiger partial charge in [0.25, 0.3) is 12.4 Å². The molecule has 1 saturated heterocycles. The van der Waals surface area contributed by atoms with Crippen molar-refractivity contribution in [3.05, 3.63) is 82.9 Å². The number of unbranched alkanes of at least 4 members (excludes halogenated alkanes) is 2. The number of aliphatic hydroxyl groups excluding tert-OH is 3. The van der Waals surface area contributed by atoms with E-state index in [2.05, 4.69) is 5.32 Å². The van der Waals surface area contributed by atoms with E-state index in [0.717, 1.165) is 12.8 Å². The fourth-order valence-corrected chi connectivity index (χ4v) is 9.78. The van der Waals surface area contributed by atoms with E-state index in [1.54, 1.807) is 74.5 Å². The van der Waals surface area contributed by atoms with Crippen LogP contribution < -0.4 is 5.32 Å². The van der Waals surface area contributed by atoms with Gasteiger partial charge in [0.05, 0.1) is 30.1 Å². The molecule has 2 aromatic rings. The number of carbonyl (C=O) groups excluding carboxylic acids is 5. The molecule has 311 valence electrons. The van der Waals surface area contributed by atoms with Crippen molar-refractivity contribution < 1.29 is 107 Å². The molecule has 5 N–H and O–H groups in total. The molecule has 14 nitrogen and oxygen atoms in total. The van der Waals surface area contributed by atoms with Crippen LogP contribution in [-0.4, -0.2) is 105 Å². The van der Waals surface area contributed by atoms with Crippen molar-refractivity contribution >= 4 is 30.1 Å². The molecule has 1 heterocycles. The Bertz CT molecular complexity index is 1890. The number of ketones is 1. The number of carbonyl (C=O) groups is 5. The van der Waals surface area contributed by atoms with Crippen LogP contribution in [0.2, 0.25) is 0 Å². The molecule has 58 heavy (non-hydrogen) atoms. The zero-order chi connectivity index (χ0) is 41.5. The van der Waals surface area contributed by atoms with Gasteiger partial charge < -0.3 is 44.7 Å². The smallest absolute Gasteiger partial charge is 0.338 e. The Morgan fingerprint density at radius 3 is 2.24 bits per heavy atom. The summed E-state index contributed by atoms with van der Waals surface area (Å²) in [6.07, 6.45) is -7.98. The molecule has 1 unspecified atom stereocenters. The standard InChI is InChI=1S/C43H53NO13.Ac/c1-6-7-10-19-30(47)57-42-22-54-29(42)20-28(46)41(5)35(42)37(55-23-45)43(53)21-27(24(2)31(40(43,3)4)33(48)36(41)50)56-39(52)34(49)32(25-15-11-8-12-16-25)44-38(51)26-17-13-9-14-18-26;/h8-9,11-18,23,27-29,32-35,37,46,48-49,53H,6-7,10,19-22H2,1-5H3,(H,44,51);/t27-,28-,29?,32-,33+,34+,35-,37-,41+,42-,43+;/m0./s1. The number of hydrogen-bond acceptors (Lipinski definition) is 13. The van der Waals surface area contributed by atoms with Crippen LogP contribution in [0, 0.1) is 60.8 Å². The summed E-state index contributed by atoms with van der Waals surface area (Å²) in [6.45, 7) is 7.88. The molecule has 4 aliphatic rings. The predicted molar refractivity (Wildman–Crippen MR) is 202 cm³/mol. The van der Waals surface area contributed by atoms with Crippen molar-refractivity contribution in [2.75, 3.05) is 6.61 Å². The van der Waals surface area contributed by atoms with Crippen LogP contribution in [0.4, 0.5) is 0 Å². The van der Waals surface area contributed by atoms with E-state index in [1.807, 2.05) is 6.92 Å². The molecule has 0 aromatic heterocycles. The maximum atomic E-state index is 14.8. The van der Waals surface area contributed by atoms with Crippen LogP contribution in [0.1, 0.15) is 95.1 Å². The molecule has 3 fully saturated rings. The van der Waals surface area contributed by atoms with Gasteiger partial charge in [-0.15, -0.1) is 0 Å². The summed E-state index contributed by atoms with van der Waals surface area (Å²) in [5.41, 5.74) is -6.64. The van der Waals surface area contributed by atoms with Gasteiger partial charge in [-0.05, 0) is 49.1 Å². The molecule has 2 bridgehead atoms. The average molecular weight is 1020 g/mol. The predicted octanol–water partition coefficient (Wildman–Crippen LogP) is 3.04. The molecule has 2 aromatic carbocycles. The Labute approximate surface area is 373 Å². The first kappa shape index (κ1) is 46.0. The van der Waals surface area contributed by atoms with Gasteiger partial charge >= 0.3 is 11.9 Å². The van der Waals surface area contributed by atoms with E-state index in [0.29, 0.717) is 12.0 Å². The number of nitrogens with one attached hydrogen (secondary N) is 1. The largest absolute Gasteiger partial charge is 0.461 e. The monoisotopic (exact) mass is 1020 g/mol. The summed E-state index contributed by atoms with van der Waals surface area (Å²) in [5, 5.41) is 51.3. The Hall–Kier alpha value is -3.03. The second-order valence-electron chi connectivity index (χ2n) is 16.6. The van der Waals surface area contributed by atoms with Crippen LogP contribution in [0.3, 0.4) is 0 Å². The summed E-state index contributed by atoms with van der Waals surface area (Å²) >= 11 is 0. The minimum Gasteiger partial charge on any atom is -0.461 e. The maximum Gasteiger partial charge on any atom is 0.338 e. The van der Waals surface area contributed by atoms with Crippen molar-refractivity contribution in [1.82, 2.24) is 5.32 Å². The van der Waals surface area contributed by atoms with Crippen LogP contribution in [0.5, 0.6) is 0 Å². The van der Waals surface area contributed by atoms with Crippen molar-refractivity contribution in [3.63, 3.8) is 0 Å². The summed E-state index contributed by atoms with van der Waals surface area (Å²) in [6, 6.07) is 15.2. The van der Waals surface area contributed by atoms with E-state index in [-0.39, 0.29) is 86.7 Å². The molecule has 2 saturated carbocycles. The number of benzene rings is 2. The Morgan fingerprint density at radius 1 is 1.02 bits per heavy atom. The fourth-order valence-electron chi connectivity index (χ4n) is 9.78. The zero-order valence-corrected chi connectivity index (χ0v) is 38.2. The second-order valence-corrected chi connectivity index (χ2v) is 16.6. The number of ether oxygens (including phenoxy) is 4. The van der Waals surface area contributed by atoms with Gasteiger partial charge in [0.1, 0.15) is 30.0 Å². The first-order valence-electron chi connectivity index (χ1n) is 19.6. The van der Waals surface area contributed by atoms with E-state index >= 15 is 0 Å². The first-order chi connectivity index (χ1) is 27.0. The van der Waals surface area contributed by atoms with Gasteiger partial charge in [-0.2, -0.15) is 0 Å². The van der Waals surface area contributed by atoms with Crippen LogP contribution in [0.15, 0.2) is 71.8 Å². The Balaban J connectivity index is 0.00000641. The number of fused-ring (bicyclic) bond motifs is 5. The van der Waals surface area contributed by atoms with Crippen LogP contribution >= 0.6 is 0 Å². The minimum atomic E-state index is -2.27. The summed E-state index contributed by atoms with van der Waals surface area (Å²) < 4.78 is 23.8. The first-order valence-corrected chi connectivity index (χ1v) is 19.6. The van der Waals surface area contributed by atoms with Gasteiger partial charge in [-0.25, -0.2) is 4.79 Å². The SMILES string of the molecule is CCCCCC(=O)O[C@@]12COC1C[C@H](O)[C@@]1(C)C(=O)[C@H](O)C3=C(C)[C@@H](OC(=O)[C@H](O)[C@@H](NC(=O)c4ccccc4)c4ccccc4)C[C@@](O)([C@@H](OC=O)[C@@H]12)C3(C)C.[Ac]. The number of hydrogen-bond donors (Lipinski definition) is 5. The normalized spacial score (nSPS) is 33.2. The molecule has 11 atom stereocenters. The fraction of sp³-hybridized carbons (Fsp3) is 0.558. The Kier molecular flexibility index (Phi) is 14.2. The molecular weight excluding hydrogens is 965 g/mol.